The first-order chi connectivity index (χ1) is 12.3. The minimum absolute atomic E-state index is 0.730. The fourth-order valence-corrected chi connectivity index (χ4v) is 3.47. The molecular formula is C21H25N3O. The second-order valence-corrected chi connectivity index (χ2v) is 6.69. The molecule has 0 unspecified atom stereocenters. The number of hydrogen-bond acceptors (Lipinski definition) is 3. The zero-order valence-electron chi connectivity index (χ0n) is 14.8. The van der Waals surface area contributed by atoms with Gasteiger partial charge in [-0.25, -0.2) is 4.98 Å². The highest BCUT2D eigenvalue weighted by Gasteiger charge is 2.13. The zero-order valence-corrected chi connectivity index (χ0v) is 14.8. The third kappa shape index (κ3) is 3.54. The van der Waals surface area contributed by atoms with Gasteiger partial charge in [0, 0.05) is 31.3 Å². The van der Waals surface area contributed by atoms with Crippen LogP contribution in [-0.4, -0.2) is 9.55 Å². The van der Waals surface area contributed by atoms with Crippen LogP contribution in [-0.2, 0) is 32.5 Å². The molecular weight excluding hydrogens is 310 g/mol. The monoisotopic (exact) mass is 335 g/mol. The van der Waals surface area contributed by atoms with Gasteiger partial charge in [0.1, 0.15) is 17.3 Å². The minimum Gasteiger partial charge on any atom is -0.460 e. The van der Waals surface area contributed by atoms with Crippen molar-refractivity contribution in [1.29, 1.82) is 0 Å². The van der Waals surface area contributed by atoms with Crippen LogP contribution < -0.4 is 5.32 Å². The van der Waals surface area contributed by atoms with Crippen LogP contribution in [0, 0.1) is 0 Å². The van der Waals surface area contributed by atoms with Crippen LogP contribution in [0.2, 0.25) is 0 Å². The number of benzene rings is 1. The molecule has 0 fully saturated rings. The standard InChI is InChI=1S/C21H25N3O/c1-2-16-6-8-17(9-7-16)20-11-10-19(25-20)15-22-13-18-14-23-21-5-3-4-12-24(18)21/h6-11,14,22H,2-5,12-13,15H2,1H3. The molecule has 0 saturated carbocycles. The number of fused-ring (bicyclic) bond motifs is 1. The summed E-state index contributed by atoms with van der Waals surface area (Å²) in [4.78, 5) is 4.54. The third-order valence-electron chi connectivity index (χ3n) is 4.97. The van der Waals surface area contributed by atoms with Crippen LogP contribution in [0.5, 0.6) is 0 Å². The highest BCUT2D eigenvalue weighted by atomic mass is 16.3. The van der Waals surface area contributed by atoms with Gasteiger partial charge in [-0.2, -0.15) is 0 Å². The van der Waals surface area contributed by atoms with Crippen molar-refractivity contribution in [3.05, 3.63) is 65.4 Å². The van der Waals surface area contributed by atoms with Crippen LogP contribution in [0.4, 0.5) is 0 Å². The number of imidazole rings is 1. The maximum atomic E-state index is 5.99. The SMILES string of the molecule is CCc1ccc(-c2ccc(CNCc3cnc4n3CCCC4)o2)cc1. The van der Waals surface area contributed by atoms with E-state index in [2.05, 4.69) is 58.2 Å². The molecule has 1 N–H and O–H groups in total. The van der Waals surface area contributed by atoms with Gasteiger partial charge in [-0.3, -0.25) is 0 Å². The predicted octanol–water partition coefficient (Wildman–Crippen LogP) is 4.33. The van der Waals surface area contributed by atoms with Crippen molar-refractivity contribution in [2.24, 2.45) is 0 Å². The van der Waals surface area contributed by atoms with Crippen molar-refractivity contribution in [3.63, 3.8) is 0 Å². The Kier molecular flexibility index (Phi) is 4.70. The van der Waals surface area contributed by atoms with Crippen LogP contribution in [0.3, 0.4) is 0 Å². The lowest BCUT2D eigenvalue weighted by molar-refractivity contribution is 0.475. The summed E-state index contributed by atoms with van der Waals surface area (Å²) in [5.74, 6) is 3.13. The molecule has 1 aromatic carbocycles. The van der Waals surface area contributed by atoms with Crippen molar-refractivity contribution in [3.8, 4) is 11.3 Å². The molecule has 25 heavy (non-hydrogen) atoms. The Bertz CT molecular complexity index is 829. The summed E-state index contributed by atoms with van der Waals surface area (Å²) in [6, 6.07) is 12.7. The largest absolute Gasteiger partial charge is 0.460 e. The molecule has 3 heterocycles. The third-order valence-corrected chi connectivity index (χ3v) is 4.97. The average molecular weight is 335 g/mol. The highest BCUT2D eigenvalue weighted by Crippen LogP contribution is 2.23. The number of aryl methyl sites for hydroxylation is 2. The Labute approximate surface area is 148 Å². The summed E-state index contributed by atoms with van der Waals surface area (Å²) in [6.07, 6.45) is 6.70. The van der Waals surface area contributed by atoms with E-state index in [0.717, 1.165) is 49.6 Å². The second-order valence-electron chi connectivity index (χ2n) is 6.69. The molecule has 1 aliphatic rings. The van der Waals surface area contributed by atoms with Crippen molar-refractivity contribution in [1.82, 2.24) is 14.9 Å². The minimum atomic E-state index is 0.730. The molecule has 3 aromatic rings. The van der Waals surface area contributed by atoms with E-state index < -0.39 is 0 Å². The number of aromatic nitrogens is 2. The topological polar surface area (TPSA) is 43.0 Å². The lowest BCUT2D eigenvalue weighted by Crippen LogP contribution is -2.18. The van der Waals surface area contributed by atoms with Crippen LogP contribution in [0.25, 0.3) is 11.3 Å². The predicted molar refractivity (Wildman–Crippen MR) is 99.2 cm³/mol. The number of furan rings is 1. The molecule has 1 aliphatic heterocycles. The summed E-state index contributed by atoms with van der Waals surface area (Å²) in [5, 5.41) is 3.48. The zero-order chi connectivity index (χ0) is 17.1. The van der Waals surface area contributed by atoms with E-state index in [1.54, 1.807) is 0 Å². The Balaban J connectivity index is 1.36. The molecule has 2 aromatic heterocycles. The quantitative estimate of drug-likeness (QED) is 0.729. The molecule has 0 spiro atoms. The normalized spacial score (nSPS) is 13.8. The van der Waals surface area contributed by atoms with Gasteiger partial charge >= 0.3 is 0 Å². The molecule has 130 valence electrons. The van der Waals surface area contributed by atoms with Gasteiger partial charge in [0.05, 0.1) is 12.2 Å². The highest BCUT2D eigenvalue weighted by molar-refractivity contribution is 5.57. The van der Waals surface area contributed by atoms with Crippen molar-refractivity contribution >= 4 is 0 Å². The van der Waals surface area contributed by atoms with E-state index in [1.165, 1.54) is 29.9 Å². The van der Waals surface area contributed by atoms with E-state index in [0.29, 0.717) is 0 Å². The maximum Gasteiger partial charge on any atom is 0.134 e. The first kappa shape index (κ1) is 16.2. The molecule has 4 nitrogen and oxygen atoms in total. The summed E-state index contributed by atoms with van der Waals surface area (Å²) in [5.41, 5.74) is 3.76. The van der Waals surface area contributed by atoms with Gasteiger partial charge < -0.3 is 14.3 Å². The molecule has 0 radical (unpaired) electrons. The first-order valence-corrected chi connectivity index (χ1v) is 9.25. The Morgan fingerprint density at radius 2 is 1.96 bits per heavy atom. The molecule has 4 rings (SSSR count). The van der Waals surface area contributed by atoms with Crippen molar-refractivity contribution in [2.75, 3.05) is 0 Å². The van der Waals surface area contributed by atoms with Gasteiger partial charge in [-0.15, -0.1) is 0 Å². The van der Waals surface area contributed by atoms with Crippen LogP contribution >= 0.6 is 0 Å². The number of nitrogens with one attached hydrogen (secondary N) is 1. The van der Waals surface area contributed by atoms with Crippen LogP contribution in [0.15, 0.2) is 47.0 Å². The fraction of sp³-hybridized carbons (Fsp3) is 0.381. The molecule has 0 aliphatic carbocycles. The lowest BCUT2D eigenvalue weighted by atomic mass is 10.1. The van der Waals surface area contributed by atoms with Gasteiger partial charge in [-0.1, -0.05) is 31.2 Å². The Morgan fingerprint density at radius 3 is 2.80 bits per heavy atom. The number of rotatable bonds is 6. The van der Waals surface area contributed by atoms with E-state index in [1.807, 2.05) is 6.20 Å². The summed E-state index contributed by atoms with van der Waals surface area (Å²) in [7, 11) is 0. The molecule has 0 atom stereocenters. The number of hydrogen-bond donors (Lipinski definition) is 1. The van der Waals surface area contributed by atoms with E-state index in [4.69, 9.17) is 4.42 Å². The van der Waals surface area contributed by atoms with Gasteiger partial charge in [0.2, 0.25) is 0 Å². The van der Waals surface area contributed by atoms with Crippen molar-refractivity contribution < 1.29 is 4.42 Å². The molecule has 0 bridgehead atoms. The van der Waals surface area contributed by atoms with E-state index in [9.17, 15) is 0 Å². The number of nitrogens with zero attached hydrogens (tertiary/aromatic N) is 2. The van der Waals surface area contributed by atoms with Crippen molar-refractivity contribution in [2.45, 2.75) is 52.2 Å². The first-order valence-electron chi connectivity index (χ1n) is 9.25. The van der Waals surface area contributed by atoms with Gasteiger partial charge in [-0.05, 0) is 37.0 Å². The smallest absolute Gasteiger partial charge is 0.134 e. The fourth-order valence-electron chi connectivity index (χ4n) is 3.47. The maximum absolute atomic E-state index is 5.99. The van der Waals surface area contributed by atoms with E-state index in [-0.39, 0.29) is 0 Å². The Morgan fingerprint density at radius 1 is 1.08 bits per heavy atom. The lowest BCUT2D eigenvalue weighted by Gasteiger charge is -2.16. The average Bonchev–Trinajstić information content (AvgIpc) is 3.30. The molecule has 4 heteroatoms. The summed E-state index contributed by atoms with van der Waals surface area (Å²) >= 11 is 0. The van der Waals surface area contributed by atoms with Crippen LogP contribution in [0.1, 0.15) is 42.6 Å². The van der Waals surface area contributed by atoms with Gasteiger partial charge in [0.15, 0.2) is 0 Å². The van der Waals surface area contributed by atoms with E-state index >= 15 is 0 Å². The van der Waals surface area contributed by atoms with Gasteiger partial charge in [0.25, 0.3) is 0 Å². The second kappa shape index (κ2) is 7.28. The summed E-state index contributed by atoms with van der Waals surface area (Å²) in [6.45, 7) is 4.83. The molecule has 0 saturated heterocycles. The Hall–Kier alpha value is -2.33. The summed E-state index contributed by atoms with van der Waals surface area (Å²) < 4.78 is 8.35. The molecule has 0 amide bonds.